The Balaban J connectivity index is 3.14. The summed E-state index contributed by atoms with van der Waals surface area (Å²) in [5, 5.41) is 42.3. The van der Waals surface area contributed by atoms with Crippen molar-refractivity contribution < 1.29 is 20.4 Å². The first-order valence-corrected chi connectivity index (χ1v) is 4.92. The number of nitrogens with zero attached hydrogens (tertiary/aromatic N) is 2. The van der Waals surface area contributed by atoms with Gasteiger partial charge in [-0.1, -0.05) is 0 Å². The molecule has 1 aromatic heterocycles. The molecule has 0 fully saturated rings. The van der Waals surface area contributed by atoms with E-state index in [1.165, 1.54) is 0 Å². The third kappa shape index (κ3) is 2.68. The van der Waals surface area contributed by atoms with Gasteiger partial charge in [-0.3, -0.25) is 9.89 Å². The minimum atomic E-state index is -1.80. The number of aliphatic hydroxyl groups excluding tert-OH is 4. The van der Waals surface area contributed by atoms with E-state index in [0.717, 1.165) is 0 Å². The molecule has 1 heterocycles. The van der Waals surface area contributed by atoms with Crippen LogP contribution in [-0.2, 0) is 0 Å². The highest BCUT2D eigenvalue weighted by molar-refractivity contribution is 7.71. The summed E-state index contributed by atoms with van der Waals surface area (Å²) in [5.74, 6) is 5.25. The Morgan fingerprint density at radius 2 is 2.06 bits per heavy atom. The number of rotatable bonds is 4. The summed E-state index contributed by atoms with van der Waals surface area (Å²) in [4.78, 5) is 11.5. The average molecular weight is 264 g/mol. The van der Waals surface area contributed by atoms with Crippen LogP contribution in [0.15, 0.2) is 4.79 Å². The van der Waals surface area contributed by atoms with Crippen molar-refractivity contribution in [2.75, 3.05) is 12.4 Å². The number of nitrogens with one attached hydrogen (secondary N) is 1. The molecule has 0 saturated heterocycles. The van der Waals surface area contributed by atoms with Crippen molar-refractivity contribution in [3.8, 4) is 0 Å². The Morgan fingerprint density at radius 1 is 1.47 bits per heavy atom. The third-order valence-electron chi connectivity index (χ3n) is 2.11. The minimum Gasteiger partial charge on any atom is -0.394 e. The molecule has 0 aliphatic rings. The van der Waals surface area contributed by atoms with Crippen LogP contribution >= 0.6 is 12.2 Å². The Morgan fingerprint density at radius 3 is 2.59 bits per heavy atom. The zero-order valence-corrected chi connectivity index (χ0v) is 9.33. The van der Waals surface area contributed by atoms with Crippen LogP contribution in [0.4, 0.5) is 0 Å². The molecule has 0 aliphatic carbocycles. The largest absolute Gasteiger partial charge is 0.394 e. The Labute approximate surface area is 99.7 Å². The molecule has 17 heavy (non-hydrogen) atoms. The van der Waals surface area contributed by atoms with Gasteiger partial charge in [-0.15, -0.1) is 0 Å². The number of hydrogen-bond donors (Lipinski definition) is 6. The summed E-state index contributed by atoms with van der Waals surface area (Å²) in [7, 11) is 0. The predicted octanol–water partition coefficient (Wildman–Crippen LogP) is -3.24. The van der Waals surface area contributed by atoms with E-state index in [4.69, 9.17) is 16.1 Å². The molecule has 0 aliphatic heterocycles. The van der Waals surface area contributed by atoms with Crippen molar-refractivity contribution in [2.24, 2.45) is 0 Å². The second-order valence-electron chi connectivity index (χ2n) is 3.27. The highest BCUT2D eigenvalue weighted by Gasteiger charge is 2.29. The lowest BCUT2D eigenvalue weighted by molar-refractivity contribution is -0.0797. The van der Waals surface area contributed by atoms with Crippen molar-refractivity contribution in [3.05, 3.63) is 20.8 Å². The molecule has 3 atom stereocenters. The average Bonchev–Trinajstić information content (AvgIpc) is 2.33. The lowest BCUT2D eigenvalue weighted by atomic mass is 10.1. The van der Waals surface area contributed by atoms with Crippen LogP contribution in [0.3, 0.4) is 0 Å². The molecular weight excluding hydrogens is 252 g/mol. The first kappa shape index (κ1) is 13.7. The van der Waals surface area contributed by atoms with Gasteiger partial charge >= 0.3 is 0 Å². The smallest absolute Gasteiger partial charge is 0.297 e. The predicted molar refractivity (Wildman–Crippen MR) is 57.9 cm³/mol. The van der Waals surface area contributed by atoms with Crippen molar-refractivity contribution >= 4 is 12.2 Å². The number of aliphatic hydroxyl groups is 4. The van der Waals surface area contributed by atoms with Crippen molar-refractivity contribution in [1.82, 2.24) is 14.9 Å². The highest BCUT2D eigenvalue weighted by atomic mass is 32.1. The molecule has 0 unspecified atom stereocenters. The fourth-order valence-corrected chi connectivity index (χ4v) is 1.23. The van der Waals surface area contributed by atoms with Crippen molar-refractivity contribution in [1.29, 1.82) is 0 Å². The summed E-state index contributed by atoms with van der Waals surface area (Å²) in [6.07, 6.45) is -5.18. The lowest BCUT2D eigenvalue weighted by Crippen LogP contribution is -2.40. The van der Waals surface area contributed by atoms with E-state index in [1.807, 2.05) is 0 Å². The molecule has 96 valence electrons. The van der Waals surface area contributed by atoms with Crippen LogP contribution in [0.2, 0.25) is 0 Å². The van der Waals surface area contributed by atoms with E-state index in [0.29, 0.717) is 4.68 Å². The molecule has 9 nitrogen and oxygen atoms in total. The van der Waals surface area contributed by atoms with Gasteiger partial charge in [-0.05, 0) is 12.2 Å². The topological polar surface area (TPSA) is 158 Å². The van der Waals surface area contributed by atoms with Crippen LogP contribution in [0.5, 0.6) is 0 Å². The Kier molecular flexibility index (Phi) is 4.31. The fourth-order valence-electron chi connectivity index (χ4n) is 1.10. The molecule has 0 radical (unpaired) electrons. The third-order valence-corrected chi connectivity index (χ3v) is 2.40. The van der Waals surface area contributed by atoms with Gasteiger partial charge < -0.3 is 26.3 Å². The zero-order chi connectivity index (χ0) is 13.2. The molecule has 1 rings (SSSR count). The van der Waals surface area contributed by atoms with Gasteiger partial charge in [-0.25, -0.2) is 0 Å². The van der Waals surface area contributed by atoms with Crippen molar-refractivity contribution in [2.45, 2.75) is 18.3 Å². The van der Waals surface area contributed by atoms with Crippen LogP contribution < -0.4 is 11.4 Å². The second-order valence-corrected chi connectivity index (χ2v) is 3.66. The van der Waals surface area contributed by atoms with E-state index in [9.17, 15) is 15.0 Å². The number of H-pyrrole nitrogens is 1. The van der Waals surface area contributed by atoms with Crippen LogP contribution in [0, 0.1) is 4.77 Å². The van der Waals surface area contributed by atoms with Gasteiger partial charge in [0.05, 0.1) is 6.61 Å². The molecule has 10 heteroatoms. The molecule has 0 bridgehead atoms. The van der Waals surface area contributed by atoms with E-state index >= 15 is 0 Å². The molecule has 0 spiro atoms. The number of nitrogen functional groups attached to an aromatic ring is 1. The lowest BCUT2D eigenvalue weighted by Gasteiger charge is -2.20. The van der Waals surface area contributed by atoms with E-state index in [1.54, 1.807) is 0 Å². The van der Waals surface area contributed by atoms with Crippen LogP contribution in [0.25, 0.3) is 0 Å². The second kappa shape index (κ2) is 5.33. The minimum absolute atomic E-state index is 0.164. The summed E-state index contributed by atoms with van der Waals surface area (Å²) in [5.41, 5.74) is -1.42. The number of aromatic nitrogens is 3. The van der Waals surface area contributed by atoms with E-state index in [-0.39, 0.29) is 4.77 Å². The van der Waals surface area contributed by atoms with Gasteiger partial charge in [0.1, 0.15) is 18.3 Å². The molecule has 0 saturated carbocycles. The van der Waals surface area contributed by atoms with Crippen molar-refractivity contribution in [3.63, 3.8) is 0 Å². The maximum Gasteiger partial charge on any atom is 0.297 e. The molecule has 0 amide bonds. The summed E-state index contributed by atoms with van der Waals surface area (Å²) >= 11 is 4.61. The maximum atomic E-state index is 11.5. The van der Waals surface area contributed by atoms with Crippen LogP contribution in [0.1, 0.15) is 11.8 Å². The van der Waals surface area contributed by atoms with Gasteiger partial charge in [0, 0.05) is 0 Å². The Hall–Kier alpha value is -1.33. The fraction of sp³-hybridized carbons (Fsp3) is 0.571. The highest BCUT2D eigenvalue weighted by Crippen LogP contribution is 2.13. The summed E-state index contributed by atoms with van der Waals surface area (Å²) < 4.78 is 0.363. The number of aromatic amines is 1. The van der Waals surface area contributed by atoms with Gasteiger partial charge in [0.15, 0.2) is 5.69 Å². The standard InChI is InChI=1S/C7H12N4O5S/c8-11-6(16)3(9-10-7(11)17)5(15)4(14)2(13)1-12/h2,4-5,12-15H,1,8H2,(H,10,17)/t2-,4+,5+/m1/s1. The summed E-state index contributed by atoms with van der Waals surface area (Å²) in [6, 6.07) is 0. The maximum absolute atomic E-state index is 11.5. The van der Waals surface area contributed by atoms with E-state index in [2.05, 4.69) is 22.4 Å². The quantitative estimate of drug-likeness (QED) is 0.244. The molecule has 0 aromatic carbocycles. The van der Waals surface area contributed by atoms with Crippen LogP contribution in [-0.4, -0.2) is 54.1 Å². The molecular formula is C7H12N4O5S. The first-order valence-electron chi connectivity index (χ1n) is 4.52. The first-order chi connectivity index (χ1) is 7.90. The Bertz CT molecular complexity index is 500. The molecule has 1 aromatic rings. The molecule has 7 N–H and O–H groups in total. The summed E-state index contributed by atoms with van der Waals surface area (Å²) in [6.45, 7) is -0.780. The van der Waals surface area contributed by atoms with Gasteiger partial charge in [0.2, 0.25) is 4.77 Å². The number of nitrogens with two attached hydrogens (primary N) is 1. The monoisotopic (exact) mass is 264 g/mol. The van der Waals surface area contributed by atoms with Gasteiger partial charge in [-0.2, -0.15) is 9.77 Å². The number of hydrogen-bond acceptors (Lipinski definition) is 8. The normalized spacial score (nSPS) is 16.5. The zero-order valence-electron chi connectivity index (χ0n) is 8.52. The SMILES string of the molecule is Nn1c(=S)[nH]nc([C@H](O)[C@@H](O)[C@H](O)CO)c1=O. The van der Waals surface area contributed by atoms with E-state index < -0.39 is 36.2 Å². The van der Waals surface area contributed by atoms with Gasteiger partial charge in [0.25, 0.3) is 5.56 Å².